The van der Waals surface area contributed by atoms with Crippen molar-refractivity contribution in [3.05, 3.63) is 42.2 Å². The summed E-state index contributed by atoms with van der Waals surface area (Å²) in [6, 6.07) is 10.3. The van der Waals surface area contributed by atoms with Gasteiger partial charge in [-0.1, -0.05) is 18.2 Å². The molecule has 0 amide bonds. The average Bonchev–Trinajstić information content (AvgIpc) is 2.17. The number of aryl methyl sites for hydroxylation is 1. The van der Waals surface area contributed by atoms with Gasteiger partial charge in [0.2, 0.25) is 11.9 Å². The summed E-state index contributed by atoms with van der Waals surface area (Å²) in [7, 11) is 1.67. The van der Waals surface area contributed by atoms with Crippen LogP contribution in [-0.2, 0) is 0 Å². The number of aromatic nitrogens is 1. The van der Waals surface area contributed by atoms with Crippen LogP contribution in [0.15, 0.2) is 36.5 Å². The summed E-state index contributed by atoms with van der Waals surface area (Å²) in [6.45, 7) is 2.02. The molecule has 0 fully saturated rings. The van der Waals surface area contributed by atoms with Crippen molar-refractivity contribution < 1.29 is 9.57 Å². The van der Waals surface area contributed by atoms with Crippen LogP contribution in [0.1, 0.15) is 5.69 Å². The molecular formula is C11H12NO+. The van der Waals surface area contributed by atoms with Crippen molar-refractivity contribution >= 4 is 10.8 Å². The highest BCUT2D eigenvalue weighted by Crippen LogP contribution is 2.11. The molecule has 0 spiro atoms. The number of benzene rings is 1. The van der Waals surface area contributed by atoms with Crippen LogP contribution < -0.4 is 9.57 Å². The van der Waals surface area contributed by atoms with Gasteiger partial charge in [-0.15, -0.1) is 0 Å². The Morgan fingerprint density at radius 1 is 1.15 bits per heavy atom. The molecule has 1 aromatic heterocycles. The quantitative estimate of drug-likeness (QED) is 0.597. The molecule has 0 saturated carbocycles. The summed E-state index contributed by atoms with van der Waals surface area (Å²) in [5.41, 5.74) is 1.10. The van der Waals surface area contributed by atoms with E-state index in [4.69, 9.17) is 4.84 Å². The van der Waals surface area contributed by atoms with E-state index in [0.29, 0.717) is 0 Å². The molecule has 2 nitrogen and oxygen atoms in total. The van der Waals surface area contributed by atoms with E-state index in [1.54, 1.807) is 11.8 Å². The number of hydrogen-bond acceptors (Lipinski definition) is 1. The summed E-state index contributed by atoms with van der Waals surface area (Å²) in [6.07, 6.45) is 1.99. The molecular weight excluding hydrogens is 162 g/mol. The highest BCUT2D eigenvalue weighted by molar-refractivity contribution is 5.80. The van der Waals surface area contributed by atoms with E-state index in [9.17, 15) is 0 Å². The van der Waals surface area contributed by atoms with E-state index in [-0.39, 0.29) is 0 Å². The van der Waals surface area contributed by atoms with Gasteiger partial charge in [-0.05, 0) is 11.5 Å². The summed E-state index contributed by atoms with van der Waals surface area (Å²) >= 11 is 0. The molecule has 0 radical (unpaired) electrons. The molecule has 0 N–H and O–H groups in total. The van der Waals surface area contributed by atoms with Crippen molar-refractivity contribution in [1.29, 1.82) is 0 Å². The Hall–Kier alpha value is -1.57. The van der Waals surface area contributed by atoms with Crippen LogP contribution in [0.4, 0.5) is 0 Å². The lowest BCUT2D eigenvalue weighted by Gasteiger charge is -1.98. The molecule has 0 bridgehead atoms. The van der Waals surface area contributed by atoms with E-state index in [0.717, 1.165) is 5.69 Å². The monoisotopic (exact) mass is 174 g/mol. The molecule has 0 unspecified atom stereocenters. The minimum absolute atomic E-state index is 1.10. The standard InChI is InChI=1S/C11H12NO/c1-9-7-10-5-3-4-6-11(10)8-12(9)13-2/h3-8H,1-2H3/q+1. The molecule has 2 rings (SSSR count). The van der Waals surface area contributed by atoms with Gasteiger partial charge < -0.3 is 0 Å². The lowest BCUT2D eigenvalue weighted by atomic mass is 10.1. The Morgan fingerprint density at radius 2 is 1.85 bits per heavy atom. The Balaban J connectivity index is 2.74. The fourth-order valence-corrected chi connectivity index (χ4v) is 1.47. The zero-order valence-corrected chi connectivity index (χ0v) is 7.82. The van der Waals surface area contributed by atoms with Gasteiger partial charge in [0.15, 0.2) is 0 Å². The molecule has 0 aliphatic rings. The van der Waals surface area contributed by atoms with Gasteiger partial charge in [0.05, 0.1) is 5.39 Å². The third-order valence-corrected chi connectivity index (χ3v) is 2.16. The topological polar surface area (TPSA) is 13.1 Å². The maximum Gasteiger partial charge on any atom is 0.231 e. The van der Waals surface area contributed by atoms with Gasteiger partial charge >= 0.3 is 0 Å². The number of hydrogen-bond donors (Lipinski definition) is 0. The minimum Gasteiger partial charge on any atom is -0.274 e. The van der Waals surface area contributed by atoms with Gasteiger partial charge in [-0.2, -0.15) is 0 Å². The molecule has 1 heterocycles. The molecule has 0 atom stereocenters. The van der Waals surface area contributed by atoms with E-state index in [2.05, 4.69) is 18.2 Å². The predicted octanol–water partition coefficient (Wildman–Crippen LogP) is 1.49. The third kappa shape index (κ3) is 1.35. The normalized spacial score (nSPS) is 10.3. The van der Waals surface area contributed by atoms with Gasteiger partial charge in [0, 0.05) is 17.7 Å². The van der Waals surface area contributed by atoms with Gasteiger partial charge in [-0.3, -0.25) is 4.84 Å². The first kappa shape index (κ1) is 8.05. The summed E-state index contributed by atoms with van der Waals surface area (Å²) in [5.74, 6) is 0. The maximum atomic E-state index is 5.17. The van der Waals surface area contributed by atoms with Gasteiger partial charge in [0.25, 0.3) is 0 Å². The van der Waals surface area contributed by atoms with Crippen LogP contribution >= 0.6 is 0 Å². The van der Waals surface area contributed by atoms with Crippen molar-refractivity contribution in [2.75, 3.05) is 7.11 Å². The first-order valence-corrected chi connectivity index (χ1v) is 4.27. The van der Waals surface area contributed by atoms with Crippen molar-refractivity contribution in [2.45, 2.75) is 6.92 Å². The highest BCUT2D eigenvalue weighted by atomic mass is 16.6. The van der Waals surface area contributed by atoms with Crippen molar-refractivity contribution in [2.24, 2.45) is 0 Å². The second kappa shape index (κ2) is 3.05. The Bertz CT molecular complexity index is 437. The average molecular weight is 174 g/mol. The zero-order chi connectivity index (χ0) is 9.26. The van der Waals surface area contributed by atoms with Crippen LogP contribution in [0, 0.1) is 6.92 Å². The largest absolute Gasteiger partial charge is 0.274 e. The van der Waals surface area contributed by atoms with Crippen LogP contribution in [0.5, 0.6) is 0 Å². The Morgan fingerprint density at radius 3 is 2.54 bits per heavy atom. The highest BCUT2D eigenvalue weighted by Gasteiger charge is 2.07. The second-order valence-corrected chi connectivity index (χ2v) is 3.05. The molecule has 0 aliphatic heterocycles. The van der Waals surface area contributed by atoms with Crippen molar-refractivity contribution in [3.63, 3.8) is 0 Å². The molecule has 2 aromatic rings. The molecule has 13 heavy (non-hydrogen) atoms. The number of pyridine rings is 1. The van der Waals surface area contributed by atoms with E-state index >= 15 is 0 Å². The van der Waals surface area contributed by atoms with Crippen LogP contribution in [0.25, 0.3) is 10.8 Å². The predicted molar refractivity (Wildman–Crippen MR) is 51.4 cm³/mol. The molecule has 2 heteroatoms. The maximum absolute atomic E-state index is 5.17. The summed E-state index contributed by atoms with van der Waals surface area (Å²) in [4.78, 5) is 5.17. The fraction of sp³-hybridized carbons (Fsp3) is 0.182. The summed E-state index contributed by atoms with van der Waals surface area (Å²) in [5, 5.41) is 2.43. The Labute approximate surface area is 77.3 Å². The first-order valence-electron chi connectivity index (χ1n) is 4.27. The van der Waals surface area contributed by atoms with Crippen molar-refractivity contribution in [3.8, 4) is 0 Å². The lowest BCUT2D eigenvalue weighted by molar-refractivity contribution is -0.888. The number of nitrogens with zero attached hydrogens (tertiary/aromatic N) is 1. The van der Waals surface area contributed by atoms with Crippen LogP contribution in [0.3, 0.4) is 0 Å². The Kier molecular flexibility index (Phi) is 1.89. The second-order valence-electron chi connectivity index (χ2n) is 3.05. The van der Waals surface area contributed by atoms with E-state index in [1.165, 1.54) is 10.8 Å². The first-order chi connectivity index (χ1) is 6.31. The van der Waals surface area contributed by atoms with Gasteiger partial charge in [-0.25, -0.2) is 0 Å². The van der Waals surface area contributed by atoms with Crippen molar-refractivity contribution in [1.82, 2.24) is 0 Å². The van der Waals surface area contributed by atoms with Crippen LogP contribution in [-0.4, -0.2) is 7.11 Å². The molecule has 1 aromatic carbocycles. The zero-order valence-electron chi connectivity index (χ0n) is 7.82. The minimum atomic E-state index is 1.10. The molecule has 0 aliphatic carbocycles. The summed E-state index contributed by atoms with van der Waals surface area (Å²) < 4.78 is 1.77. The smallest absolute Gasteiger partial charge is 0.231 e. The fourth-order valence-electron chi connectivity index (χ4n) is 1.47. The molecule has 0 saturated heterocycles. The van der Waals surface area contributed by atoms with E-state index < -0.39 is 0 Å². The SMILES string of the molecule is CO[n+]1cc2ccccc2cc1C. The number of rotatable bonds is 1. The lowest BCUT2D eigenvalue weighted by Crippen LogP contribution is -2.42. The number of fused-ring (bicyclic) bond motifs is 1. The van der Waals surface area contributed by atoms with Crippen LogP contribution in [0.2, 0.25) is 0 Å². The molecule has 66 valence electrons. The van der Waals surface area contributed by atoms with Gasteiger partial charge in [0.1, 0.15) is 7.11 Å². The van der Waals surface area contributed by atoms with E-state index in [1.807, 2.05) is 25.3 Å². The third-order valence-electron chi connectivity index (χ3n) is 2.16.